The molecule has 0 saturated heterocycles. The van der Waals surface area contributed by atoms with Crippen LogP contribution in [0.15, 0.2) is 54.9 Å². The van der Waals surface area contributed by atoms with Crippen molar-refractivity contribution < 1.29 is 17.9 Å². The fourth-order valence-electron chi connectivity index (χ4n) is 3.50. The summed E-state index contributed by atoms with van der Waals surface area (Å²) in [5, 5.41) is 3.24. The normalized spacial score (nSPS) is 15.8. The number of aromatic nitrogens is 2. The number of carbonyl (C=O) groups is 1. The second kappa shape index (κ2) is 8.24. The molecule has 0 spiro atoms. The Kier molecular flexibility index (Phi) is 5.63. The summed E-state index contributed by atoms with van der Waals surface area (Å²) in [4.78, 5) is 17.1. The zero-order valence-corrected chi connectivity index (χ0v) is 18.5. The lowest BCUT2D eigenvalue weighted by Gasteiger charge is -2.34. The molecule has 1 N–H and O–H groups in total. The molecule has 0 bridgehead atoms. The largest absolute Gasteiger partial charge is 0.476 e. The van der Waals surface area contributed by atoms with Gasteiger partial charge in [0.2, 0.25) is 10.0 Å². The first kappa shape index (κ1) is 21.2. The number of anilines is 1. The van der Waals surface area contributed by atoms with Crippen LogP contribution in [0.4, 0.5) is 5.69 Å². The van der Waals surface area contributed by atoms with Crippen molar-refractivity contribution in [2.75, 3.05) is 17.1 Å². The van der Waals surface area contributed by atoms with Gasteiger partial charge in [-0.2, -0.15) is 0 Å². The van der Waals surface area contributed by atoms with Crippen LogP contribution in [0, 0.1) is 6.92 Å². The summed E-state index contributed by atoms with van der Waals surface area (Å²) in [6, 6.07) is 12.3. The number of hydrogen-bond acceptors (Lipinski definition) is 5. The molecule has 2 heterocycles. The molecule has 8 nitrogen and oxygen atoms in total. The fraction of sp³-hybridized carbons (Fsp3) is 0.238. The molecule has 0 aliphatic carbocycles. The van der Waals surface area contributed by atoms with Gasteiger partial charge in [0.25, 0.3) is 5.91 Å². The molecule has 31 heavy (non-hydrogen) atoms. The Morgan fingerprint density at radius 2 is 2.03 bits per heavy atom. The zero-order chi connectivity index (χ0) is 22.2. The summed E-state index contributed by atoms with van der Waals surface area (Å²) in [7, 11) is -3.63. The van der Waals surface area contributed by atoms with Gasteiger partial charge in [-0.05, 0) is 36.8 Å². The molecule has 0 radical (unpaired) electrons. The summed E-state index contributed by atoms with van der Waals surface area (Å²) < 4.78 is 33.5. The number of para-hydroxylation sites is 1. The highest BCUT2D eigenvalue weighted by atomic mass is 35.5. The zero-order valence-electron chi connectivity index (χ0n) is 16.9. The Morgan fingerprint density at radius 1 is 1.26 bits per heavy atom. The van der Waals surface area contributed by atoms with Gasteiger partial charge in [-0.3, -0.25) is 9.10 Å². The summed E-state index contributed by atoms with van der Waals surface area (Å²) >= 11 is 6.01. The maximum absolute atomic E-state index is 12.9. The smallest absolute Gasteiger partial charge is 0.263 e. The Morgan fingerprint density at radius 3 is 2.74 bits per heavy atom. The highest BCUT2D eigenvalue weighted by Crippen LogP contribution is 2.37. The molecule has 1 aliphatic heterocycles. The van der Waals surface area contributed by atoms with Crippen LogP contribution < -0.4 is 14.4 Å². The average molecular weight is 461 g/mol. The highest BCUT2D eigenvalue weighted by Gasteiger charge is 2.35. The standard InChI is InChI=1S/C21H21ClN4O4S/c1-14-23-9-10-25(14)17-6-4-3-5-15(17)12-24-21(27)20-13-26(31(2,28)29)18-11-16(22)7-8-19(18)30-20/h3-11,20H,12-13H2,1-2H3,(H,24,27). The predicted octanol–water partition coefficient (Wildman–Crippen LogP) is 2.68. The number of halogens is 1. The van der Waals surface area contributed by atoms with Gasteiger partial charge in [-0.15, -0.1) is 0 Å². The number of imidazole rings is 1. The molecule has 4 rings (SSSR count). The number of hydrogen-bond donors (Lipinski definition) is 1. The van der Waals surface area contributed by atoms with Gasteiger partial charge in [0, 0.05) is 24.0 Å². The predicted molar refractivity (Wildman–Crippen MR) is 118 cm³/mol. The Bertz CT molecular complexity index is 1240. The van der Waals surface area contributed by atoms with Gasteiger partial charge >= 0.3 is 0 Å². The third-order valence-electron chi connectivity index (χ3n) is 5.01. The molecule has 1 aromatic heterocycles. The van der Waals surface area contributed by atoms with Crippen molar-refractivity contribution in [1.29, 1.82) is 0 Å². The molecule has 0 fully saturated rings. The van der Waals surface area contributed by atoms with E-state index < -0.39 is 22.0 Å². The highest BCUT2D eigenvalue weighted by molar-refractivity contribution is 7.92. The third kappa shape index (κ3) is 4.38. The van der Waals surface area contributed by atoms with Crippen LogP contribution in [0.3, 0.4) is 0 Å². The molecule has 2 aromatic carbocycles. The Balaban J connectivity index is 1.54. The summed E-state index contributed by atoms with van der Waals surface area (Å²) in [6.07, 6.45) is 3.66. The van der Waals surface area contributed by atoms with Gasteiger partial charge in [0.15, 0.2) is 6.10 Å². The second-order valence-corrected chi connectivity index (χ2v) is 9.55. The molecular formula is C21H21ClN4O4S. The number of ether oxygens (including phenoxy) is 1. The summed E-state index contributed by atoms with van der Waals surface area (Å²) in [5.41, 5.74) is 2.11. The Labute approximate surface area is 185 Å². The lowest BCUT2D eigenvalue weighted by atomic mass is 10.1. The number of sulfonamides is 1. The number of nitrogens with one attached hydrogen (secondary N) is 1. The molecular weight excluding hydrogens is 440 g/mol. The second-order valence-electron chi connectivity index (χ2n) is 7.20. The van der Waals surface area contributed by atoms with E-state index in [9.17, 15) is 13.2 Å². The maximum atomic E-state index is 12.9. The van der Waals surface area contributed by atoms with Gasteiger partial charge < -0.3 is 14.6 Å². The third-order valence-corrected chi connectivity index (χ3v) is 6.39. The summed E-state index contributed by atoms with van der Waals surface area (Å²) in [6.45, 7) is 2.01. The van der Waals surface area contributed by atoms with Gasteiger partial charge in [0.1, 0.15) is 11.6 Å². The van der Waals surface area contributed by atoms with Crippen LogP contribution in [0.5, 0.6) is 5.75 Å². The molecule has 1 unspecified atom stereocenters. The summed E-state index contributed by atoms with van der Waals surface area (Å²) in [5.74, 6) is 0.704. The minimum atomic E-state index is -3.63. The van der Waals surface area contributed by atoms with Crippen LogP contribution >= 0.6 is 11.6 Å². The number of amides is 1. The molecule has 1 amide bonds. The minimum Gasteiger partial charge on any atom is -0.476 e. The molecule has 1 atom stereocenters. The lowest BCUT2D eigenvalue weighted by Crippen LogP contribution is -2.50. The van der Waals surface area contributed by atoms with E-state index in [1.54, 1.807) is 18.3 Å². The van der Waals surface area contributed by atoms with Crippen LogP contribution in [-0.2, 0) is 21.4 Å². The van der Waals surface area contributed by atoms with Gasteiger partial charge in [-0.25, -0.2) is 13.4 Å². The fourth-order valence-corrected chi connectivity index (χ4v) is 4.57. The number of fused-ring (bicyclic) bond motifs is 1. The number of rotatable bonds is 5. The first-order chi connectivity index (χ1) is 14.7. The van der Waals surface area contributed by atoms with Crippen LogP contribution in [0.1, 0.15) is 11.4 Å². The van der Waals surface area contributed by atoms with E-state index in [1.165, 1.54) is 6.07 Å². The van der Waals surface area contributed by atoms with Crippen molar-refractivity contribution in [3.63, 3.8) is 0 Å². The molecule has 10 heteroatoms. The van der Waals surface area contributed by atoms with E-state index in [4.69, 9.17) is 16.3 Å². The van der Waals surface area contributed by atoms with Crippen LogP contribution in [0.25, 0.3) is 5.69 Å². The van der Waals surface area contributed by atoms with E-state index in [2.05, 4.69) is 10.3 Å². The molecule has 1 aliphatic rings. The SMILES string of the molecule is Cc1nccn1-c1ccccc1CNC(=O)C1CN(S(C)(=O)=O)c2cc(Cl)ccc2O1. The number of aryl methyl sites for hydroxylation is 1. The monoisotopic (exact) mass is 460 g/mol. The van der Waals surface area contributed by atoms with Crippen LogP contribution in [0.2, 0.25) is 5.02 Å². The van der Waals surface area contributed by atoms with Crippen molar-refractivity contribution in [1.82, 2.24) is 14.9 Å². The van der Waals surface area contributed by atoms with Gasteiger partial charge in [-0.1, -0.05) is 29.8 Å². The molecule has 3 aromatic rings. The van der Waals surface area contributed by atoms with Crippen molar-refractivity contribution in [3.8, 4) is 11.4 Å². The van der Waals surface area contributed by atoms with E-state index >= 15 is 0 Å². The van der Waals surface area contributed by atoms with Crippen molar-refractivity contribution >= 4 is 33.2 Å². The Hall–Kier alpha value is -3.04. The quantitative estimate of drug-likeness (QED) is 0.631. The van der Waals surface area contributed by atoms with E-state index in [0.717, 1.165) is 27.6 Å². The number of carbonyl (C=O) groups excluding carboxylic acids is 1. The average Bonchev–Trinajstić information content (AvgIpc) is 3.16. The maximum Gasteiger partial charge on any atom is 0.263 e. The molecule has 0 saturated carbocycles. The van der Waals surface area contributed by atoms with Crippen LogP contribution in [-0.4, -0.2) is 42.8 Å². The first-order valence-electron chi connectivity index (χ1n) is 9.54. The first-order valence-corrected chi connectivity index (χ1v) is 11.8. The van der Waals surface area contributed by atoms with E-state index in [1.807, 2.05) is 42.0 Å². The topological polar surface area (TPSA) is 93.5 Å². The number of benzene rings is 2. The van der Waals surface area contributed by atoms with E-state index in [-0.39, 0.29) is 18.8 Å². The molecule has 162 valence electrons. The number of nitrogens with zero attached hydrogens (tertiary/aromatic N) is 3. The van der Waals surface area contributed by atoms with Crippen molar-refractivity contribution in [2.45, 2.75) is 19.6 Å². The van der Waals surface area contributed by atoms with Gasteiger partial charge in [0.05, 0.1) is 24.2 Å². The van der Waals surface area contributed by atoms with Crippen molar-refractivity contribution in [2.24, 2.45) is 0 Å². The van der Waals surface area contributed by atoms with E-state index in [0.29, 0.717) is 10.7 Å². The minimum absolute atomic E-state index is 0.139. The van der Waals surface area contributed by atoms with Crippen molar-refractivity contribution in [3.05, 3.63) is 71.3 Å². The lowest BCUT2D eigenvalue weighted by molar-refractivity contribution is -0.127.